The molecule has 270 valence electrons. The third kappa shape index (κ3) is 6.47. The van der Waals surface area contributed by atoms with Gasteiger partial charge in [-0.3, -0.25) is 19.3 Å². The van der Waals surface area contributed by atoms with Gasteiger partial charge < -0.3 is 24.4 Å². The van der Waals surface area contributed by atoms with Gasteiger partial charge in [0.2, 0.25) is 11.8 Å². The minimum Gasteiger partial charge on any atom is -0.432 e. The predicted molar refractivity (Wildman–Crippen MR) is 204 cm³/mol. The Bertz CT molecular complexity index is 1990. The maximum Gasteiger partial charge on any atom is 0.264 e. The number of hydrogen-bond donors (Lipinski definition) is 2. The number of halogens is 1. The largest absolute Gasteiger partial charge is 0.432 e. The molecule has 52 heavy (non-hydrogen) atoms. The summed E-state index contributed by atoms with van der Waals surface area (Å²) in [5.74, 6) is -0.923. The Morgan fingerprint density at radius 1 is 0.942 bits per heavy atom. The van der Waals surface area contributed by atoms with Crippen molar-refractivity contribution in [3.8, 4) is 0 Å². The Labute approximate surface area is 310 Å². The normalized spacial score (nSPS) is 22.5. The number of carbonyl (C=O) groups is 3. The molecule has 11 heteroatoms. The second-order valence-corrected chi connectivity index (χ2v) is 19.1. The topological polar surface area (TPSA) is 111 Å². The van der Waals surface area contributed by atoms with Crippen molar-refractivity contribution in [3.63, 3.8) is 0 Å². The standard InChI is InChI=1S/C41H44ClN3O6Si/c1-27-39(52(2,3)50)36(24-38(48)43(21-22-46)25-28-9-5-4-6-10-28)51-41(27)33-23-31(42)16-19-35(33)44(40(41)49)26-29-13-17-32(18-14-29)45-34-12-8-7-11-30(34)15-20-37(45)47/h4-14,16-19,23,27,36,39,46,50H,15,20-22,24-26H2,1-3H3/t27-,36+,39-,41+/m0/s1. The fourth-order valence-electron chi connectivity index (χ4n) is 8.57. The van der Waals surface area contributed by atoms with E-state index in [0.717, 1.165) is 28.1 Å². The van der Waals surface area contributed by atoms with Gasteiger partial charge in [0.05, 0.1) is 37.1 Å². The molecule has 0 radical (unpaired) electrons. The van der Waals surface area contributed by atoms with E-state index in [1.54, 1.807) is 26.8 Å². The third-order valence-electron chi connectivity index (χ3n) is 10.9. The zero-order valence-corrected chi connectivity index (χ0v) is 31.4. The van der Waals surface area contributed by atoms with E-state index < -0.39 is 31.5 Å². The molecule has 3 aliphatic heterocycles. The van der Waals surface area contributed by atoms with Gasteiger partial charge in [0.1, 0.15) is 0 Å². The number of rotatable bonds is 10. The lowest BCUT2D eigenvalue weighted by molar-refractivity contribution is -0.150. The van der Waals surface area contributed by atoms with Gasteiger partial charge >= 0.3 is 0 Å². The van der Waals surface area contributed by atoms with E-state index in [0.29, 0.717) is 35.7 Å². The van der Waals surface area contributed by atoms with Crippen LogP contribution in [-0.2, 0) is 44.2 Å². The smallest absolute Gasteiger partial charge is 0.264 e. The number of fused-ring (bicyclic) bond motifs is 3. The van der Waals surface area contributed by atoms with Gasteiger partial charge in [-0.05, 0) is 72.6 Å². The van der Waals surface area contributed by atoms with E-state index in [4.69, 9.17) is 16.3 Å². The summed E-state index contributed by atoms with van der Waals surface area (Å²) >= 11 is 6.58. The van der Waals surface area contributed by atoms with Crippen LogP contribution in [0.1, 0.15) is 42.0 Å². The fourth-order valence-corrected chi connectivity index (χ4v) is 11.3. The second-order valence-electron chi connectivity index (χ2n) is 14.7. The van der Waals surface area contributed by atoms with Gasteiger partial charge in [0.15, 0.2) is 13.9 Å². The minimum absolute atomic E-state index is 0.0405. The van der Waals surface area contributed by atoms with Crippen molar-refractivity contribution in [1.82, 2.24) is 4.90 Å². The summed E-state index contributed by atoms with van der Waals surface area (Å²) in [7, 11) is -3.03. The lowest BCUT2D eigenvalue weighted by Gasteiger charge is -2.32. The molecular formula is C41H44ClN3O6Si. The van der Waals surface area contributed by atoms with Crippen LogP contribution >= 0.6 is 11.6 Å². The highest BCUT2D eigenvalue weighted by atomic mass is 35.5. The van der Waals surface area contributed by atoms with Gasteiger partial charge in [0, 0.05) is 47.2 Å². The molecule has 4 aromatic rings. The van der Waals surface area contributed by atoms with Crippen LogP contribution < -0.4 is 9.80 Å². The van der Waals surface area contributed by atoms with Crippen LogP contribution in [-0.4, -0.2) is 60.1 Å². The molecule has 4 aromatic carbocycles. The maximum absolute atomic E-state index is 14.9. The molecule has 3 amide bonds. The first kappa shape index (κ1) is 36.1. The van der Waals surface area contributed by atoms with Crippen molar-refractivity contribution in [2.75, 3.05) is 23.0 Å². The zero-order chi connectivity index (χ0) is 36.8. The number of ether oxygens (including phenoxy) is 1. The number of amides is 3. The first-order valence-corrected chi connectivity index (χ1v) is 21.3. The van der Waals surface area contributed by atoms with Crippen LogP contribution in [0.4, 0.5) is 17.1 Å². The van der Waals surface area contributed by atoms with E-state index in [2.05, 4.69) is 6.07 Å². The molecule has 3 heterocycles. The van der Waals surface area contributed by atoms with Crippen LogP contribution in [0.5, 0.6) is 0 Å². The molecule has 1 saturated heterocycles. The molecule has 0 saturated carbocycles. The highest BCUT2D eigenvalue weighted by molar-refractivity contribution is 6.71. The highest BCUT2D eigenvalue weighted by Crippen LogP contribution is 2.60. The van der Waals surface area contributed by atoms with E-state index >= 15 is 0 Å². The minimum atomic E-state index is -3.03. The van der Waals surface area contributed by atoms with Gasteiger partial charge in [-0.25, -0.2) is 0 Å². The molecule has 0 aliphatic carbocycles. The van der Waals surface area contributed by atoms with Crippen LogP contribution in [0.3, 0.4) is 0 Å². The Balaban J connectivity index is 1.18. The molecule has 2 N–H and O–H groups in total. The fraction of sp³-hybridized carbons (Fsp3) is 0.341. The van der Waals surface area contributed by atoms with Crippen molar-refractivity contribution in [2.45, 2.75) is 69.6 Å². The SMILES string of the molecule is C[C@H]1[C@H]([Si](C)(C)O)[C@@H](CC(=O)N(CCO)Cc2ccccc2)O[C@]12C(=O)N(Cc1ccc(N3C(=O)CCc4ccccc43)cc1)c1ccc(Cl)cc12. The van der Waals surface area contributed by atoms with Crippen molar-refractivity contribution < 1.29 is 29.0 Å². The average molecular weight is 738 g/mol. The molecule has 0 unspecified atom stereocenters. The molecule has 0 aromatic heterocycles. The van der Waals surface area contributed by atoms with Crippen molar-refractivity contribution in [3.05, 3.63) is 124 Å². The Kier molecular flexibility index (Phi) is 9.88. The maximum atomic E-state index is 14.9. The molecule has 0 bridgehead atoms. The van der Waals surface area contributed by atoms with Crippen molar-refractivity contribution >= 4 is 54.7 Å². The third-order valence-corrected chi connectivity index (χ3v) is 13.6. The first-order valence-electron chi connectivity index (χ1n) is 17.9. The molecule has 4 atom stereocenters. The quantitative estimate of drug-likeness (QED) is 0.175. The van der Waals surface area contributed by atoms with Gasteiger partial charge in [0.25, 0.3) is 5.91 Å². The summed E-state index contributed by atoms with van der Waals surface area (Å²) in [5, 5.41) is 10.3. The van der Waals surface area contributed by atoms with E-state index in [-0.39, 0.29) is 43.8 Å². The first-order chi connectivity index (χ1) is 24.9. The van der Waals surface area contributed by atoms with Gasteiger partial charge in [-0.1, -0.05) is 79.2 Å². The molecule has 3 aliphatic rings. The number of aryl methyl sites for hydroxylation is 1. The van der Waals surface area contributed by atoms with Crippen LogP contribution in [0, 0.1) is 5.92 Å². The molecule has 1 fully saturated rings. The summed E-state index contributed by atoms with van der Waals surface area (Å²) < 4.78 is 6.89. The summed E-state index contributed by atoms with van der Waals surface area (Å²) in [6, 6.07) is 30.6. The van der Waals surface area contributed by atoms with Crippen molar-refractivity contribution in [2.24, 2.45) is 5.92 Å². The lowest BCUT2D eigenvalue weighted by atomic mass is 9.82. The summed E-state index contributed by atoms with van der Waals surface area (Å²) in [5.41, 5.74) is 3.94. The molecular weight excluding hydrogens is 694 g/mol. The van der Waals surface area contributed by atoms with Crippen LogP contribution in [0.2, 0.25) is 23.7 Å². The summed E-state index contributed by atoms with van der Waals surface area (Å²) in [4.78, 5) is 58.6. The number of anilines is 3. The van der Waals surface area contributed by atoms with E-state index in [9.17, 15) is 24.3 Å². The van der Waals surface area contributed by atoms with E-state index in [1.807, 2.05) is 98.9 Å². The number of hydrogen-bond acceptors (Lipinski definition) is 6. The predicted octanol–water partition coefficient (Wildman–Crippen LogP) is 6.71. The van der Waals surface area contributed by atoms with Crippen LogP contribution in [0.25, 0.3) is 0 Å². The van der Waals surface area contributed by atoms with Crippen LogP contribution in [0.15, 0.2) is 97.1 Å². The summed E-state index contributed by atoms with van der Waals surface area (Å²) in [6.45, 7) is 6.10. The second kappa shape index (κ2) is 14.2. The number of para-hydroxylation sites is 1. The molecule has 7 rings (SSSR count). The Morgan fingerprint density at radius 3 is 2.37 bits per heavy atom. The highest BCUT2D eigenvalue weighted by Gasteiger charge is 2.66. The van der Waals surface area contributed by atoms with Gasteiger partial charge in [-0.2, -0.15) is 0 Å². The summed E-state index contributed by atoms with van der Waals surface area (Å²) in [6.07, 6.45) is 0.357. The van der Waals surface area contributed by atoms with Crippen molar-refractivity contribution in [1.29, 1.82) is 0 Å². The zero-order valence-electron chi connectivity index (χ0n) is 29.7. The Morgan fingerprint density at radius 2 is 1.65 bits per heavy atom. The molecule has 1 spiro atoms. The van der Waals surface area contributed by atoms with Gasteiger partial charge in [-0.15, -0.1) is 0 Å². The number of aliphatic hydroxyl groups is 1. The lowest BCUT2D eigenvalue weighted by Crippen LogP contribution is -2.46. The number of nitrogens with zero attached hydrogens (tertiary/aromatic N) is 3. The number of aliphatic hydroxyl groups excluding tert-OH is 1. The number of benzene rings is 4. The number of carbonyl (C=O) groups excluding carboxylic acids is 3. The monoisotopic (exact) mass is 737 g/mol. The average Bonchev–Trinajstić information content (AvgIpc) is 3.54. The van der Waals surface area contributed by atoms with E-state index in [1.165, 1.54) is 0 Å². The molecule has 9 nitrogen and oxygen atoms in total. The Hall–Kier alpha value is -4.32.